The molecule has 0 unspecified atom stereocenters. The Morgan fingerprint density at radius 1 is 0.897 bits per heavy atom. The van der Waals surface area contributed by atoms with Crippen molar-refractivity contribution in [1.82, 2.24) is 5.43 Å². The molecule has 2 N–H and O–H groups in total. The van der Waals surface area contributed by atoms with E-state index in [1.54, 1.807) is 0 Å². The summed E-state index contributed by atoms with van der Waals surface area (Å²) in [6.07, 6.45) is 5.46. The highest BCUT2D eigenvalue weighted by Crippen LogP contribution is 2.27. The number of nitro benzene ring substituents is 2. The highest BCUT2D eigenvalue weighted by Gasteiger charge is 2.20. The van der Waals surface area contributed by atoms with E-state index in [0.717, 1.165) is 18.1 Å². The van der Waals surface area contributed by atoms with E-state index < -0.39 is 21.2 Å². The summed E-state index contributed by atoms with van der Waals surface area (Å²) < 4.78 is 0. The van der Waals surface area contributed by atoms with Gasteiger partial charge in [-0.1, -0.05) is 30.3 Å². The molecule has 2 aromatic carbocycles. The number of anilines is 1. The van der Waals surface area contributed by atoms with E-state index in [-0.39, 0.29) is 11.5 Å². The fourth-order valence-corrected chi connectivity index (χ4v) is 3.01. The predicted molar refractivity (Wildman–Crippen MR) is 108 cm³/mol. The number of non-ortho nitro benzene ring substituents is 2. The molecule has 0 bridgehead atoms. The number of nitro groups is 2. The molecular weight excluding hydrogens is 376 g/mol. The molecule has 0 atom stereocenters. The quantitative estimate of drug-likeness (QED) is 0.428. The number of hydrogen-bond acceptors (Lipinski definition) is 7. The number of ketones is 1. The molecule has 29 heavy (non-hydrogen) atoms. The number of rotatable bonds is 6. The lowest BCUT2D eigenvalue weighted by molar-refractivity contribution is -0.394. The molecule has 0 heterocycles. The minimum Gasteiger partial charge on any atom is -0.308 e. The molecule has 2 aromatic rings. The Labute approximate surface area is 166 Å². The maximum atomic E-state index is 12.7. The lowest BCUT2D eigenvalue weighted by Gasteiger charge is -2.17. The van der Waals surface area contributed by atoms with Crippen molar-refractivity contribution in [3.63, 3.8) is 0 Å². The van der Waals surface area contributed by atoms with Gasteiger partial charge in [0.25, 0.3) is 11.4 Å². The predicted octanol–water partition coefficient (Wildman–Crippen LogP) is 4.14. The summed E-state index contributed by atoms with van der Waals surface area (Å²) in [4.78, 5) is 33.2. The minimum absolute atomic E-state index is 0.0700. The monoisotopic (exact) mass is 394 g/mol. The number of nitrogens with one attached hydrogen (secondary N) is 2. The Hall–Kier alpha value is -4.01. The van der Waals surface area contributed by atoms with Gasteiger partial charge in [-0.15, -0.1) is 0 Å². The van der Waals surface area contributed by atoms with Crippen LogP contribution in [0.15, 0.2) is 65.9 Å². The van der Waals surface area contributed by atoms with Gasteiger partial charge >= 0.3 is 0 Å². The van der Waals surface area contributed by atoms with Crippen LogP contribution in [0.1, 0.15) is 24.8 Å². The van der Waals surface area contributed by atoms with Gasteiger partial charge in [0.05, 0.1) is 21.6 Å². The van der Waals surface area contributed by atoms with E-state index in [9.17, 15) is 25.0 Å². The Morgan fingerprint density at radius 3 is 2.14 bits per heavy atom. The lowest BCUT2D eigenvalue weighted by atomic mass is 9.88. The number of carbonyl (C=O) groups excluding carboxylic acids is 1. The van der Waals surface area contributed by atoms with E-state index >= 15 is 0 Å². The zero-order chi connectivity index (χ0) is 20.8. The highest BCUT2D eigenvalue weighted by molar-refractivity contribution is 6.11. The largest absolute Gasteiger partial charge is 0.308 e. The zero-order valence-corrected chi connectivity index (χ0v) is 15.3. The van der Waals surface area contributed by atoms with Crippen LogP contribution in [0.5, 0.6) is 0 Å². The van der Waals surface area contributed by atoms with Crippen molar-refractivity contribution in [2.24, 2.45) is 0 Å². The number of carbonyl (C=O) groups is 1. The molecule has 1 aliphatic carbocycles. The average molecular weight is 394 g/mol. The third-order valence-electron chi connectivity index (χ3n) is 4.40. The third kappa shape index (κ3) is 5.04. The van der Waals surface area contributed by atoms with Crippen molar-refractivity contribution in [1.29, 1.82) is 0 Å². The molecule has 1 saturated carbocycles. The average Bonchev–Trinajstić information content (AvgIpc) is 2.71. The Bertz CT molecular complexity index is 983. The van der Waals surface area contributed by atoms with Gasteiger partial charge in [-0.25, -0.2) is 0 Å². The van der Waals surface area contributed by atoms with Crippen LogP contribution in [-0.4, -0.2) is 15.6 Å². The topological polar surface area (TPSA) is 127 Å². The van der Waals surface area contributed by atoms with Crippen LogP contribution in [0.3, 0.4) is 0 Å². The second-order valence-electron chi connectivity index (χ2n) is 6.45. The van der Waals surface area contributed by atoms with Crippen molar-refractivity contribution in [3.8, 4) is 0 Å². The molecule has 9 heteroatoms. The first-order chi connectivity index (χ1) is 13.9. The van der Waals surface area contributed by atoms with Crippen molar-refractivity contribution in [2.45, 2.75) is 19.3 Å². The first-order valence-corrected chi connectivity index (χ1v) is 8.89. The molecule has 0 aromatic heterocycles. The van der Waals surface area contributed by atoms with Gasteiger partial charge in [0.2, 0.25) is 0 Å². The van der Waals surface area contributed by atoms with Gasteiger partial charge in [-0.2, -0.15) is 0 Å². The number of benzene rings is 2. The second-order valence-corrected chi connectivity index (χ2v) is 6.45. The summed E-state index contributed by atoms with van der Waals surface area (Å²) in [5.41, 5.74) is 6.93. The maximum absolute atomic E-state index is 12.7. The summed E-state index contributed by atoms with van der Waals surface area (Å²) in [6.45, 7) is 0. The summed E-state index contributed by atoms with van der Waals surface area (Å²) in [6, 6.07) is 12.8. The molecule has 0 radical (unpaired) electrons. The van der Waals surface area contributed by atoms with E-state index in [4.69, 9.17) is 0 Å². The van der Waals surface area contributed by atoms with Crippen LogP contribution in [-0.2, 0) is 4.79 Å². The van der Waals surface area contributed by atoms with Gasteiger partial charge in [0.15, 0.2) is 5.78 Å². The number of nitrogens with zero attached hydrogens (tertiary/aromatic N) is 2. The number of hydrazine groups is 1. The normalized spacial score (nSPS) is 16.6. The fourth-order valence-electron chi connectivity index (χ4n) is 3.01. The Morgan fingerprint density at radius 2 is 1.52 bits per heavy atom. The van der Waals surface area contributed by atoms with E-state index in [1.165, 1.54) is 18.3 Å². The lowest BCUT2D eigenvalue weighted by Crippen LogP contribution is -2.20. The Kier molecular flexibility index (Phi) is 5.98. The van der Waals surface area contributed by atoms with E-state index in [2.05, 4.69) is 10.9 Å². The Balaban J connectivity index is 1.73. The summed E-state index contributed by atoms with van der Waals surface area (Å²) in [5, 5.41) is 21.9. The van der Waals surface area contributed by atoms with E-state index in [1.807, 2.05) is 36.4 Å². The van der Waals surface area contributed by atoms with Gasteiger partial charge < -0.3 is 10.9 Å². The molecule has 3 rings (SSSR count). The van der Waals surface area contributed by atoms with Gasteiger partial charge in [0.1, 0.15) is 0 Å². The van der Waals surface area contributed by atoms with Crippen LogP contribution in [0.2, 0.25) is 0 Å². The van der Waals surface area contributed by atoms with Crippen LogP contribution in [0.25, 0.3) is 6.08 Å². The van der Waals surface area contributed by atoms with Gasteiger partial charge in [0, 0.05) is 29.5 Å². The molecule has 0 amide bonds. The van der Waals surface area contributed by atoms with Crippen molar-refractivity contribution >= 4 is 28.9 Å². The SMILES string of the molecule is O=C1C(=Cc2ccccc2)CCC/C1=C\NNc1cc([N+](=O)[O-])cc([N+](=O)[O-])c1. The first kappa shape index (κ1) is 19.7. The number of Topliss-reactive ketones (excluding diaryl/α,β-unsaturated/α-hetero) is 1. The fraction of sp³-hybridized carbons (Fsp3) is 0.150. The number of hydrogen-bond donors (Lipinski definition) is 2. The summed E-state index contributed by atoms with van der Waals surface area (Å²) >= 11 is 0. The van der Waals surface area contributed by atoms with Crippen LogP contribution in [0.4, 0.5) is 17.1 Å². The number of allylic oxidation sites excluding steroid dienone is 2. The molecule has 1 fully saturated rings. The molecular formula is C20H18N4O5. The highest BCUT2D eigenvalue weighted by atomic mass is 16.6. The molecule has 1 aliphatic rings. The summed E-state index contributed by atoms with van der Waals surface area (Å²) in [7, 11) is 0. The van der Waals surface area contributed by atoms with Crippen LogP contribution < -0.4 is 10.9 Å². The standard InChI is InChI=1S/C20H18N4O5/c25-20-15(9-14-5-2-1-3-6-14)7-4-8-16(20)13-21-22-17-10-18(23(26)27)12-19(11-17)24(28)29/h1-3,5-6,9-13,21-22H,4,7-8H2/b15-9?,16-13+. The molecule has 9 nitrogen and oxygen atoms in total. The first-order valence-electron chi connectivity index (χ1n) is 8.89. The van der Waals surface area contributed by atoms with Crippen molar-refractivity contribution in [2.75, 3.05) is 5.43 Å². The van der Waals surface area contributed by atoms with Crippen LogP contribution in [0, 0.1) is 20.2 Å². The zero-order valence-electron chi connectivity index (χ0n) is 15.3. The molecule has 148 valence electrons. The van der Waals surface area contributed by atoms with Crippen molar-refractivity contribution < 1.29 is 14.6 Å². The maximum Gasteiger partial charge on any atom is 0.278 e. The smallest absolute Gasteiger partial charge is 0.278 e. The van der Waals surface area contributed by atoms with E-state index in [0.29, 0.717) is 24.0 Å². The molecule has 0 spiro atoms. The summed E-state index contributed by atoms with van der Waals surface area (Å²) in [5.74, 6) is -0.0700. The van der Waals surface area contributed by atoms with Gasteiger partial charge in [-0.05, 0) is 30.9 Å². The van der Waals surface area contributed by atoms with Gasteiger partial charge in [-0.3, -0.25) is 25.0 Å². The molecule has 0 saturated heterocycles. The second kappa shape index (κ2) is 8.79. The minimum atomic E-state index is -0.706. The molecule has 0 aliphatic heterocycles. The van der Waals surface area contributed by atoms with Crippen molar-refractivity contribution in [3.05, 3.63) is 91.7 Å². The van der Waals surface area contributed by atoms with Crippen LogP contribution >= 0.6 is 0 Å². The third-order valence-corrected chi connectivity index (χ3v) is 4.40.